The molecule has 2 N–H and O–H groups in total. The van der Waals surface area contributed by atoms with Crippen molar-refractivity contribution < 1.29 is 8.78 Å². The van der Waals surface area contributed by atoms with Crippen molar-refractivity contribution in [2.45, 2.75) is 6.04 Å². The molecule has 2 rings (SSSR count). The third-order valence-corrected chi connectivity index (χ3v) is 4.09. The number of thiocarbonyl (C=S) groups is 1. The fourth-order valence-corrected chi connectivity index (χ4v) is 2.76. The number of benzene rings is 2. The number of likely N-dealkylation sites (N-methyl/N-ethyl adjacent to an activating group) is 1. The first kappa shape index (κ1) is 18.6. The average Bonchev–Trinajstić information content (AvgIpc) is 2.52. The minimum absolute atomic E-state index is 0.299. The van der Waals surface area contributed by atoms with Gasteiger partial charge in [-0.05, 0) is 62.7 Å². The van der Waals surface area contributed by atoms with Gasteiger partial charge in [-0.15, -0.1) is 0 Å². The molecule has 0 amide bonds. The number of nitrogens with zero attached hydrogens (tertiary/aromatic N) is 1. The highest BCUT2D eigenvalue weighted by atomic mass is 35.5. The topological polar surface area (TPSA) is 27.3 Å². The second-order valence-corrected chi connectivity index (χ2v) is 6.27. The molecular formula is C17H18ClF2N3S. The maximum atomic E-state index is 14.1. The summed E-state index contributed by atoms with van der Waals surface area (Å²) in [7, 11) is 3.68. The molecule has 1 atom stereocenters. The van der Waals surface area contributed by atoms with Crippen LogP contribution in [0.5, 0.6) is 0 Å². The third-order valence-electron chi connectivity index (χ3n) is 3.51. The van der Waals surface area contributed by atoms with Crippen molar-refractivity contribution in [3.63, 3.8) is 0 Å². The van der Waals surface area contributed by atoms with Gasteiger partial charge in [-0.3, -0.25) is 0 Å². The van der Waals surface area contributed by atoms with Crippen LogP contribution in [-0.4, -0.2) is 30.7 Å². The Bertz CT molecular complexity index is 687. The molecule has 24 heavy (non-hydrogen) atoms. The summed E-state index contributed by atoms with van der Waals surface area (Å²) in [5, 5.41) is 6.72. The van der Waals surface area contributed by atoms with Gasteiger partial charge < -0.3 is 15.5 Å². The molecule has 0 aliphatic rings. The summed E-state index contributed by atoms with van der Waals surface area (Å²) < 4.78 is 27.0. The Morgan fingerprint density at radius 2 is 1.83 bits per heavy atom. The molecular weight excluding hydrogens is 352 g/mol. The lowest BCUT2D eigenvalue weighted by Crippen LogP contribution is -2.37. The van der Waals surface area contributed by atoms with Gasteiger partial charge in [-0.1, -0.05) is 17.7 Å². The number of hydrogen-bond acceptors (Lipinski definition) is 2. The first-order valence-corrected chi connectivity index (χ1v) is 8.08. The predicted octanol–water partition coefficient (Wildman–Crippen LogP) is 4.21. The number of rotatable bonds is 5. The zero-order valence-corrected chi connectivity index (χ0v) is 14.9. The average molecular weight is 370 g/mol. The highest BCUT2D eigenvalue weighted by molar-refractivity contribution is 7.80. The number of halogens is 3. The molecule has 0 unspecified atom stereocenters. The molecule has 128 valence electrons. The Morgan fingerprint density at radius 3 is 2.42 bits per heavy atom. The van der Waals surface area contributed by atoms with Crippen LogP contribution in [0.2, 0.25) is 5.02 Å². The molecule has 0 spiro atoms. The van der Waals surface area contributed by atoms with E-state index in [4.69, 9.17) is 23.8 Å². The zero-order valence-electron chi connectivity index (χ0n) is 13.3. The minimum atomic E-state index is -0.361. The van der Waals surface area contributed by atoms with E-state index in [0.29, 0.717) is 27.9 Å². The van der Waals surface area contributed by atoms with Crippen molar-refractivity contribution in [2.75, 3.05) is 26.0 Å². The van der Waals surface area contributed by atoms with Crippen molar-refractivity contribution in [1.82, 2.24) is 10.2 Å². The summed E-state index contributed by atoms with van der Waals surface area (Å²) in [6.45, 7) is 0.362. The maximum Gasteiger partial charge on any atom is 0.170 e. The van der Waals surface area contributed by atoms with Crippen LogP contribution in [0, 0.1) is 11.6 Å². The van der Waals surface area contributed by atoms with Gasteiger partial charge in [0.25, 0.3) is 0 Å². The second-order valence-electron chi connectivity index (χ2n) is 5.46. The molecule has 0 aliphatic carbocycles. The maximum absolute atomic E-state index is 14.1. The highest BCUT2D eigenvalue weighted by Gasteiger charge is 2.21. The highest BCUT2D eigenvalue weighted by Crippen LogP contribution is 2.28. The van der Waals surface area contributed by atoms with Crippen LogP contribution in [0.3, 0.4) is 0 Å². The van der Waals surface area contributed by atoms with Crippen LogP contribution in [0.15, 0.2) is 42.5 Å². The Kier molecular flexibility index (Phi) is 6.48. The molecule has 0 bridgehead atoms. The summed E-state index contributed by atoms with van der Waals surface area (Å²) >= 11 is 11.4. The van der Waals surface area contributed by atoms with E-state index in [-0.39, 0.29) is 17.7 Å². The van der Waals surface area contributed by atoms with E-state index >= 15 is 0 Å². The zero-order chi connectivity index (χ0) is 17.7. The molecule has 0 heterocycles. The van der Waals surface area contributed by atoms with E-state index in [1.807, 2.05) is 19.0 Å². The fraction of sp³-hybridized carbons (Fsp3) is 0.235. The van der Waals surface area contributed by atoms with Crippen molar-refractivity contribution in [1.29, 1.82) is 0 Å². The van der Waals surface area contributed by atoms with Crippen molar-refractivity contribution in [3.05, 3.63) is 64.7 Å². The molecule has 0 fully saturated rings. The van der Waals surface area contributed by atoms with E-state index in [9.17, 15) is 8.78 Å². The molecule has 0 radical (unpaired) electrons. The largest absolute Gasteiger partial charge is 0.361 e. The monoisotopic (exact) mass is 369 g/mol. The van der Waals surface area contributed by atoms with Gasteiger partial charge in [0.1, 0.15) is 11.6 Å². The Labute approximate surface area is 150 Å². The molecule has 3 nitrogen and oxygen atoms in total. The predicted molar refractivity (Wildman–Crippen MR) is 98.5 cm³/mol. The van der Waals surface area contributed by atoms with Crippen LogP contribution in [0.25, 0.3) is 0 Å². The van der Waals surface area contributed by atoms with Gasteiger partial charge >= 0.3 is 0 Å². The Hall–Kier alpha value is -1.76. The molecule has 0 aliphatic heterocycles. The normalized spacial score (nSPS) is 12.1. The minimum Gasteiger partial charge on any atom is -0.361 e. The first-order chi connectivity index (χ1) is 11.4. The fourth-order valence-electron chi connectivity index (χ4n) is 2.27. The van der Waals surface area contributed by atoms with E-state index in [0.717, 1.165) is 0 Å². The van der Waals surface area contributed by atoms with Gasteiger partial charge in [-0.2, -0.15) is 0 Å². The summed E-state index contributed by atoms with van der Waals surface area (Å²) in [6.07, 6.45) is 0. The van der Waals surface area contributed by atoms with Gasteiger partial charge in [-0.25, -0.2) is 8.78 Å². The van der Waals surface area contributed by atoms with Gasteiger partial charge in [0.2, 0.25) is 0 Å². The van der Waals surface area contributed by atoms with E-state index in [1.165, 1.54) is 18.2 Å². The van der Waals surface area contributed by atoms with Crippen molar-refractivity contribution >= 4 is 34.6 Å². The van der Waals surface area contributed by atoms with E-state index in [2.05, 4.69) is 10.6 Å². The van der Waals surface area contributed by atoms with Crippen LogP contribution in [-0.2, 0) is 0 Å². The SMILES string of the molecule is CN(C)[C@@H](CNC(=S)Nc1ccc(F)cc1)c1c(F)cccc1Cl. The van der Waals surface area contributed by atoms with Crippen LogP contribution >= 0.6 is 23.8 Å². The van der Waals surface area contributed by atoms with Gasteiger partial charge in [0.05, 0.1) is 6.04 Å². The standard InChI is InChI=1S/C17H18ClF2N3S/c1-23(2)15(16-13(18)4-3-5-14(16)20)10-21-17(24)22-12-8-6-11(19)7-9-12/h3-9,15H,10H2,1-2H3,(H2,21,22,24)/t15-/m0/s1. The number of anilines is 1. The molecule has 2 aromatic carbocycles. The van der Waals surface area contributed by atoms with Crippen LogP contribution < -0.4 is 10.6 Å². The number of hydrogen-bond donors (Lipinski definition) is 2. The van der Waals surface area contributed by atoms with E-state index in [1.54, 1.807) is 24.3 Å². The lowest BCUT2D eigenvalue weighted by molar-refractivity contribution is 0.292. The molecule has 2 aromatic rings. The number of nitrogens with one attached hydrogen (secondary N) is 2. The molecule has 0 saturated carbocycles. The summed E-state index contributed by atoms with van der Waals surface area (Å²) in [4.78, 5) is 1.86. The smallest absolute Gasteiger partial charge is 0.170 e. The summed E-state index contributed by atoms with van der Waals surface area (Å²) in [6, 6.07) is 10.2. The third kappa shape index (κ3) is 4.87. The molecule has 0 aromatic heterocycles. The molecule has 0 saturated heterocycles. The quantitative estimate of drug-likeness (QED) is 0.772. The Morgan fingerprint density at radius 1 is 1.17 bits per heavy atom. The molecule has 7 heteroatoms. The van der Waals surface area contributed by atoms with Crippen LogP contribution in [0.1, 0.15) is 11.6 Å². The lowest BCUT2D eigenvalue weighted by atomic mass is 10.1. The second kappa shape index (κ2) is 8.37. The Balaban J connectivity index is 2.04. The van der Waals surface area contributed by atoms with Crippen molar-refractivity contribution in [2.24, 2.45) is 0 Å². The van der Waals surface area contributed by atoms with E-state index < -0.39 is 0 Å². The van der Waals surface area contributed by atoms with Crippen LogP contribution in [0.4, 0.5) is 14.5 Å². The van der Waals surface area contributed by atoms with Crippen molar-refractivity contribution in [3.8, 4) is 0 Å². The lowest BCUT2D eigenvalue weighted by Gasteiger charge is -2.27. The summed E-state index contributed by atoms with van der Waals surface area (Å²) in [5.74, 6) is -0.679. The first-order valence-electron chi connectivity index (χ1n) is 7.29. The van der Waals surface area contributed by atoms with Gasteiger partial charge in [0, 0.05) is 22.8 Å². The van der Waals surface area contributed by atoms with Gasteiger partial charge in [0.15, 0.2) is 5.11 Å². The summed E-state index contributed by atoms with van der Waals surface area (Å²) in [5.41, 5.74) is 1.08.